The van der Waals surface area contributed by atoms with Gasteiger partial charge in [-0.15, -0.1) is 0 Å². The largest absolute Gasteiger partial charge is 0.468 e. The van der Waals surface area contributed by atoms with Gasteiger partial charge in [0, 0.05) is 12.6 Å². The molecule has 3 rings (SSSR count). The third-order valence-electron chi connectivity index (χ3n) is 3.57. The molecular weight excluding hydrogens is 318 g/mol. The monoisotopic (exact) mass is 332 g/mol. The zero-order valence-corrected chi connectivity index (χ0v) is 12.8. The zero-order valence-electron chi connectivity index (χ0n) is 12.8. The maximum atomic E-state index is 13.2. The molecule has 0 spiro atoms. The van der Waals surface area contributed by atoms with Gasteiger partial charge in [-0.05, 0) is 29.8 Å². The Morgan fingerprint density at radius 2 is 1.92 bits per heavy atom. The number of hydrogen-bond donors (Lipinski definition) is 1. The summed E-state index contributed by atoms with van der Waals surface area (Å²) in [7, 11) is 1.28. The van der Waals surface area contributed by atoms with Crippen molar-refractivity contribution in [1.29, 1.82) is 0 Å². The zero-order chi connectivity index (χ0) is 17.1. The average molecular weight is 332 g/mol. The van der Waals surface area contributed by atoms with Crippen molar-refractivity contribution >= 4 is 23.1 Å². The maximum absolute atomic E-state index is 13.2. The van der Waals surface area contributed by atoms with Gasteiger partial charge in [-0.1, -0.05) is 12.1 Å². The van der Waals surface area contributed by atoms with Gasteiger partial charge in [0.25, 0.3) is 6.01 Å². The Morgan fingerprint density at radius 1 is 1.21 bits per heavy atom. The number of ether oxygens (including phenoxy) is 1. The number of nitrogens with zero attached hydrogens (tertiary/aromatic N) is 1. The van der Waals surface area contributed by atoms with E-state index in [4.69, 9.17) is 9.15 Å². The van der Waals surface area contributed by atoms with E-state index in [2.05, 4.69) is 10.3 Å². The summed E-state index contributed by atoms with van der Waals surface area (Å²) in [5.74, 6) is -1.95. The summed E-state index contributed by atoms with van der Waals surface area (Å²) in [6.07, 6.45) is 0. The number of nitrogens with one attached hydrogen (secondary N) is 1. The predicted octanol–water partition coefficient (Wildman–Crippen LogP) is 3.47. The fourth-order valence-electron chi connectivity index (χ4n) is 2.34. The van der Waals surface area contributed by atoms with Gasteiger partial charge >= 0.3 is 5.97 Å². The van der Waals surface area contributed by atoms with Crippen LogP contribution in [0.2, 0.25) is 0 Å². The van der Waals surface area contributed by atoms with Crippen molar-refractivity contribution in [3.63, 3.8) is 0 Å². The smallest absolute Gasteiger partial charge is 0.314 e. The highest BCUT2D eigenvalue weighted by Gasteiger charge is 2.22. The molecule has 7 heteroatoms. The van der Waals surface area contributed by atoms with Crippen LogP contribution in [0.4, 0.5) is 14.8 Å². The number of methoxy groups -OCH3 is 1. The van der Waals surface area contributed by atoms with Crippen LogP contribution < -0.4 is 5.32 Å². The van der Waals surface area contributed by atoms with E-state index in [-0.39, 0.29) is 12.6 Å². The number of halogens is 2. The van der Waals surface area contributed by atoms with Crippen LogP contribution in [0.25, 0.3) is 11.1 Å². The minimum absolute atomic E-state index is 0.133. The Balaban J connectivity index is 1.79. The Hall–Kier alpha value is -2.96. The van der Waals surface area contributed by atoms with Crippen molar-refractivity contribution in [1.82, 2.24) is 4.98 Å². The first-order valence-corrected chi connectivity index (χ1v) is 7.20. The fraction of sp³-hybridized carbons (Fsp3) is 0.176. The second-order valence-corrected chi connectivity index (χ2v) is 5.14. The number of rotatable bonds is 5. The van der Waals surface area contributed by atoms with Crippen LogP contribution in [0.15, 0.2) is 46.9 Å². The maximum Gasteiger partial charge on any atom is 0.314 e. The van der Waals surface area contributed by atoms with Crippen LogP contribution in [-0.4, -0.2) is 24.6 Å². The van der Waals surface area contributed by atoms with Crippen LogP contribution in [0.1, 0.15) is 11.5 Å². The van der Waals surface area contributed by atoms with Crippen LogP contribution in [-0.2, 0) is 9.53 Å². The molecular formula is C17H14F2N2O3. The lowest BCUT2D eigenvalue weighted by molar-refractivity contribution is -0.142. The van der Waals surface area contributed by atoms with Crippen molar-refractivity contribution in [3.05, 3.63) is 59.7 Å². The quantitative estimate of drug-likeness (QED) is 0.725. The first-order chi connectivity index (χ1) is 11.6. The second-order valence-electron chi connectivity index (χ2n) is 5.14. The molecule has 0 saturated carbocycles. The number of oxazole rings is 1. The average Bonchev–Trinajstić information content (AvgIpc) is 2.98. The Labute approximate surface area is 136 Å². The van der Waals surface area contributed by atoms with Crippen molar-refractivity contribution in [2.24, 2.45) is 0 Å². The summed E-state index contributed by atoms with van der Waals surface area (Å²) >= 11 is 0. The van der Waals surface area contributed by atoms with Gasteiger partial charge in [-0.25, -0.2) is 8.78 Å². The summed E-state index contributed by atoms with van der Waals surface area (Å²) in [5.41, 5.74) is 1.39. The number of aromatic nitrogens is 1. The molecule has 1 unspecified atom stereocenters. The summed E-state index contributed by atoms with van der Waals surface area (Å²) in [6, 6.07) is 9.72. The fourth-order valence-corrected chi connectivity index (χ4v) is 2.34. The number of carbonyl (C=O) groups is 1. The van der Waals surface area contributed by atoms with Crippen molar-refractivity contribution in [2.75, 3.05) is 19.0 Å². The lowest BCUT2D eigenvalue weighted by atomic mass is 9.99. The van der Waals surface area contributed by atoms with E-state index in [0.29, 0.717) is 16.7 Å². The minimum Gasteiger partial charge on any atom is -0.468 e. The van der Waals surface area contributed by atoms with Crippen molar-refractivity contribution in [3.8, 4) is 0 Å². The highest BCUT2D eigenvalue weighted by molar-refractivity contribution is 5.79. The second kappa shape index (κ2) is 6.66. The van der Waals surface area contributed by atoms with E-state index >= 15 is 0 Å². The van der Waals surface area contributed by atoms with E-state index < -0.39 is 23.5 Å². The molecule has 1 atom stereocenters. The van der Waals surface area contributed by atoms with E-state index in [1.54, 1.807) is 0 Å². The Kier molecular flexibility index (Phi) is 4.41. The number of anilines is 1. The van der Waals surface area contributed by atoms with Crippen molar-refractivity contribution in [2.45, 2.75) is 5.92 Å². The Morgan fingerprint density at radius 3 is 2.62 bits per heavy atom. The van der Waals surface area contributed by atoms with Gasteiger partial charge in [0.05, 0.1) is 13.0 Å². The van der Waals surface area contributed by atoms with Gasteiger partial charge < -0.3 is 14.5 Å². The molecule has 0 aliphatic carbocycles. The molecule has 0 aliphatic heterocycles. The molecule has 0 aliphatic rings. The SMILES string of the molecule is COC(=O)C(CNc1nc2cc(F)ccc2o1)c1ccc(F)cc1. The highest BCUT2D eigenvalue weighted by Crippen LogP contribution is 2.22. The van der Waals surface area contributed by atoms with Crippen LogP contribution >= 0.6 is 0 Å². The number of hydrogen-bond acceptors (Lipinski definition) is 5. The molecule has 3 aromatic rings. The first-order valence-electron chi connectivity index (χ1n) is 7.20. The Bertz CT molecular complexity index is 862. The van der Waals surface area contributed by atoms with E-state index in [9.17, 15) is 13.6 Å². The molecule has 5 nitrogen and oxygen atoms in total. The number of esters is 1. The molecule has 124 valence electrons. The van der Waals surface area contributed by atoms with Gasteiger partial charge in [0.1, 0.15) is 17.2 Å². The molecule has 0 bridgehead atoms. The number of carbonyl (C=O) groups excluding carboxylic acids is 1. The molecule has 0 radical (unpaired) electrons. The van der Waals surface area contributed by atoms with Gasteiger partial charge in [0.2, 0.25) is 0 Å². The van der Waals surface area contributed by atoms with Crippen LogP contribution in [0.3, 0.4) is 0 Å². The molecule has 1 aromatic heterocycles. The van der Waals surface area contributed by atoms with Gasteiger partial charge in [0.15, 0.2) is 5.58 Å². The highest BCUT2D eigenvalue weighted by atomic mass is 19.1. The topological polar surface area (TPSA) is 64.4 Å². The van der Waals surface area contributed by atoms with E-state index in [1.807, 2.05) is 0 Å². The van der Waals surface area contributed by atoms with Gasteiger partial charge in [-0.3, -0.25) is 4.79 Å². The molecule has 24 heavy (non-hydrogen) atoms. The third-order valence-corrected chi connectivity index (χ3v) is 3.57. The lowest BCUT2D eigenvalue weighted by Crippen LogP contribution is -2.22. The minimum atomic E-state index is -0.664. The number of fused-ring (bicyclic) bond motifs is 1. The summed E-state index contributed by atoms with van der Waals surface area (Å²) in [6.45, 7) is 0.133. The van der Waals surface area contributed by atoms with E-state index in [0.717, 1.165) is 0 Å². The lowest BCUT2D eigenvalue weighted by Gasteiger charge is -2.15. The van der Waals surface area contributed by atoms with Crippen LogP contribution in [0.5, 0.6) is 0 Å². The molecule has 0 amide bonds. The molecule has 1 heterocycles. The summed E-state index contributed by atoms with van der Waals surface area (Å²) in [5, 5.41) is 2.89. The normalized spacial score (nSPS) is 12.1. The molecule has 0 saturated heterocycles. The third kappa shape index (κ3) is 3.34. The van der Waals surface area contributed by atoms with E-state index in [1.165, 1.54) is 49.6 Å². The van der Waals surface area contributed by atoms with Crippen LogP contribution in [0, 0.1) is 11.6 Å². The molecule has 0 fully saturated rings. The molecule has 1 N–H and O–H groups in total. The summed E-state index contributed by atoms with van der Waals surface area (Å²) < 4.78 is 36.4. The van der Waals surface area contributed by atoms with Crippen molar-refractivity contribution < 1.29 is 22.7 Å². The predicted molar refractivity (Wildman–Crippen MR) is 83.6 cm³/mol. The van der Waals surface area contributed by atoms with Gasteiger partial charge in [-0.2, -0.15) is 4.98 Å². The first kappa shape index (κ1) is 15.9. The standard InChI is InChI=1S/C17H14F2N2O3/c1-23-16(22)13(10-2-4-11(18)5-3-10)9-20-17-21-14-8-12(19)6-7-15(14)24-17/h2-8,13H,9H2,1H3,(H,20,21). The summed E-state index contributed by atoms with van der Waals surface area (Å²) in [4.78, 5) is 16.1. The molecule has 2 aromatic carbocycles. The number of benzene rings is 2.